The van der Waals surface area contributed by atoms with Crippen LogP contribution in [0.5, 0.6) is 17.2 Å². The molecule has 1 aromatic heterocycles. The Labute approximate surface area is 164 Å². The van der Waals surface area contributed by atoms with E-state index in [4.69, 9.17) is 14.2 Å². The lowest BCUT2D eigenvalue weighted by molar-refractivity contribution is 0.322. The van der Waals surface area contributed by atoms with Crippen molar-refractivity contribution in [3.05, 3.63) is 33.3 Å². The van der Waals surface area contributed by atoms with Crippen LogP contribution in [0.15, 0.2) is 17.1 Å². The second kappa shape index (κ2) is 10.0. The molecule has 0 unspecified atom stereocenters. The van der Waals surface area contributed by atoms with E-state index in [1.165, 1.54) is 4.88 Å². The lowest BCUT2D eigenvalue weighted by Crippen LogP contribution is -2.36. The Morgan fingerprint density at radius 2 is 1.81 bits per heavy atom. The SMILES string of the molecule is CCNC(=NCc1ccc(OC)c(OC)c1OC)NCc1nc(C)c(C)s1. The highest BCUT2D eigenvalue weighted by molar-refractivity contribution is 7.11. The molecule has 0 saturated carbocycles. The number of nitrogens with zero attached hydrogens (tertiary/aromatic N) is 2. The molecule has 27 heavy (non-hydrogen) atoms. The predicted octanol–water partition coefficient (Wildman–Crippen LogP) is 3.04. The monoisotopic (exact) mass is 392 g/mol. The molecule has 0 bridgehead atoms. The van der Waals surface area contributed by atoms with Crippen molar-refractivity contribution in [2.75, 3.05) is 27.9 Å². The highest BCUT2D eigenvalue weighted by Crippen LogP contribution is 2.39. The van der Waals surface area contributed by atoms with Crippen LogP contribution >= 0.6 is 11.3 Å². The van der Waals surface area contributed by atoms with Crippen molar-refractivity contribution in [1.29, 1.82) is 0 Å². The number of aliphatic imine (C=N–C) groups is 1. The van der Waals surface area contributed by atoms with Crippen LogP contribution < -0.4 is 24.8 Å². The summed E-state index contributed by atoms with van der Waals surface area (Å²) in [6.45, 7) is 7.98. The molecule has 0 radical (unpaired) electrons. The van der Waals surface area contributed by atoms with Crippen LogP contribution in [-0.4, -0.2) is 38.8 Å². The van der Waals surface area contributed by atoms with E-state index in [0.29, 0.717) is 30.3 Å². The van der Waals surface area contributed by atoms with Gasteiger partial charge in [0.25, 0.3) is 0 Å². The van der Waals surface area contributed by atoms with E-state index in [-0.39, 0.29) is 0 Å². The summed E-state index contributed by atoms with van der Waals surface area (Å²) in [5.41, 5.74) is 1.99. The quantitative estimate of drug-likeness (QED) is 0.531. The van der Waals surface area contributed by atoms with E-state index >= 15 is 0 Å². The largest absolute Gasteiger partial charge is 0.493 e. The second-order valence-corrected chi connectivity index (χ2v) is 7.08. The van der Waals surface area contributed by atoms with Gasteiger partial charge in [-0.15, -0.1) is 11.3 Å². The maximum Gasteiger partial charge on any atom is 0.203 e. The number of nitrogens with one attached hydrogen (secondary N) is 2. The minimum atomic E-state index is 0.439. The van der Waals surface area contributed by atoms with Gasteiger partial charge in [0.2, 0.25) is 5.75 Å². The van der Waals surface area contributed by atoms with Crippen molar-refractivity contribution < 1.29 is 14.2 Å². The van der Waals surface area contributed by atoms with E-state index < -0.39 is 0 Å². The first-order chi connectivity index (χ1) is 13.0. The number of hydrogen-bond acceptors (Lipinski definition) is 6. The van der Waals surface area contributed by atoms with Crippen molar-refractivity contribution in [1.82, 2.24) is 15.6 Å². The molecule has 0 amide bonds. The zero-order valence-electron chi connectivity index (χ0n) is 16.8. The summed E-state index contributed by atoms with van der Waals surface area (Å²) in [4.78, 5) is 10.5. The molecular weight excluding hydrogens is 364 g/mol. The van der Waals surface area contributed by atoms with Gasteiger partial charge in [-0.1, -0.05) is 0 Å². The molecule has 0 aliphatic carbocycles. The van der Waals surface area contributed by atoms with E-state index in [2.05, 4.69) is 27.5 Å². The van der Waals surface area contributed by atoms with Crippen LogP contribution in [0.25, 0.3) is 0 Å². The molecule has 1 heterocycles. The van der Waals surface area contributed by atoms with Crippen molar-refractivity contribution >= 4 is 17.3 Å². The van der Waals surface area contributed by atoms with E-state index in [9.17, 15) is 0 Å². The first-order valence-electron chi connectivity index (χ1n) is 8.76. The number of methoxy groups -OCH3 is 3. The van der Waals surface area contributed by atoms with Gasteiger partial charge < -0.3 is 24.8 Å². The molecule has 0 saturated heterocycles. The summed E-state index contributed by atoms with van der Waals surface area (Å²) >= 11 is 1.70. The standard InChI is InChI=1S/C19H28N4O3S/c1-7-20-19(22-11-16-23-12(2)13(3)27-16)21-10-14-8-9-15(24-4)18(26-6)17(14)25-5/h8-9H,7,10-11H2,1-6H3,(H2,20,21,22). The third kappa shape index (κ3) is 5.26. The molecule has 8 heteroatoms. The fraction of sp³-hybridized carbons (Fsp3) is 0.474. The van der Waals surface area contributed by atoms with Crippen LogP contribution in [-0.2, 0) is 13.1 Å². The number of ether oxygens (including phenoxy) is 3. The third-order valence-electron chi connectivity index (χ3n) is 4.02. The Balaban J connectivity index is 2.16. The van der Waals surface area contributed by atoms with Gasteiger partial charge >= 0.3 is 0 Å². The van der Waals surface area contributed by atoms with Crippen molar-refractivity contribution in [2.45, 2.75) is 33.9 Å². The lowest BCUT2D eigenvalue weighted by Gasteiger charge is -2.15. The fourth-order valence-corrected chi connectivity index (χ4v) is 3.44. The van der Waals surface area contributed by atoms with E-state index in [0.717, 1.165) is 28.8 Å². The maximum absolute atomic E-state index is 5.52. The Morgan fingerprint density at radius 3 is 2.37 bits per heavy atom. The van der Waals surface area contributed by atoms with Gasteiger partial charge in [-0.2, -0.15) is 0 Å². The number of aryl methyl sites for hydroxylation is 2. The number of thiazole rings is 1. The van der Waals surface area contributed by atoms with Crippen molar-refractivity contribution in [3.8, 4) is 17.2 Å². The number of benzene rings is 1. The lowest BCUT2D eigenvalue weighted by atomic mass is 10.1. The van der Waals surface area contributed by atoms with Gasteiger partial charge in [0.15, 0.2) is 17.5 Å². The summed E-state index contributed by atoms with van der Waals surface area (Å²) < 4.78 is 16.3. The van der Waals surface area contributed by atoms with Crippen LogP contribution in [0.3, 0.4) is 0 Å². The Hall–Kier alpha value is -2.48. The van der Waals surface area contributed by atoms with Crippen LogP contribution in [0.2, 0.25) is 0 Å². The van der Waals surface area contributed by atoms with Crippen molar-refractivity contribution in [2.24, 2.45) is 4.99 Å². The first kappa shape index (κ1) is 20.8. The molecule has 1 aromatic carbocycles. The summed E-state index contributed by atoms with van der Waals surface area (Å²) in [6.07, 6.45) is 0. The predicted molar refractivity (Wildman–Crippen MR) is 109 cm³/mol. The number of rotatable bonds is 8. The summed E-state index contributed by atoms with van der Waals surface area (Å²) in [5, 5.41) is 7.62. The molecule has 2 N–H and O–H groups in total. The molecule has 0 aliphatic rings. The van der Waals surface area contributed by atoms with Gasteiger partial charge in [0, 0.05) is 17.0 Å². The van der Waals surface area contributed by atoms with Gasteiger partial charge in [-0.25, -0.2) is 9.98 Å². The molecule has 0 aliphatic heterocycles. The number of aromatic nitrogens is 1. The molecule has 148 valence electrons. The highest BCUT2D eigenvalue weighted by atomic mass is 32.1. The second-order valence-electron chi connectivity index (χ2n) is 5.79. The Morgan fingerprint density at radius 1 is 1.07 bits per heavy atom. The summed E-state index contributed by atoms with van der Waals surface area (Å²) in [5.74, 6) is 2.54. The van der Waals surface area contributed by atoms with Gasteiger partial charge in [0.1, 0.15) is 5.01 Å². The minimum absolute atomic E-state index is 0.439. The van der Waals surface area contributed by atoms with Crippen LogP contribution in [0.1, 0.15) is 28.1 Å². The normalized spacial score (nSPS) is 11.3. The molecule has 2 aromatic rings. The average molecular weight is 393 g/mol. The fourth-order valence-electron chi connectivity index (χ4n) is 2.57. The number of guanidine groups is 1. The van der Waals surface area contributed by atoms with Crippen LogP contribution in [0, 0.1) is 13.8 Å². The molecule has 2 rings (SSSR count). The smallest absolute Gasteiger partial charge is 0.203 e. The minimum Gasteiger partial charge on any atom is -0.493 e. The van der Waals surface area contributed by atoms with Gasteiger partial charge in [-0.05, 0) is 32.9 Å². The molecular formula is C19H28N4O3S. The zero-order valence-corrected chi connectivity index (χ0v) is 17.6. The van der Waals surface area contributed by atoms with E-state index in [1.807, 2.05) is 26.0 Å². The summed E-state index contributed by atoms with van der Waals surface area (Å²) in [6, 6.07) is 3.79. The summed E-state index contributed by atoms with van der Waals surface area (Å²) in [7, 11) is 4.81. The van der Waals surface area contributed by atoms with E-state index in [1.54, 1.807) is 32.7 Å². The highest BCUT2D eigenvalue weighted by Gasteiger charge is 2.15. The molecule has 0 spiro atoms. The molecule has 0 atom stereocenters. The first-order valence-corrected chi connectivity index (χ1v) is 9.58. The van der Waals surface area contributed by atoms with Crippen molar-refractivity contribution in [3.63, 3.8) is 0 Å². The number of hydrogen-bond donors (Lipinski definition) is 2. The molecule has 7 nitrogen and oxygen atoms in total. The van der Waals surface area contributed by atoms with Gasteiger partial charge in [0.05, 0.1) is 40.1 Å². The zero-order chi connectivity index (χ0) is 19.8. The third-order valence-corrected chi connectivity index (χ3v) is 5.09. The molecule has 0 fully saturated rings. The Kier molecular flexibility index (Phi) is 7.72. The topological polar surface area (TPSA) is 77.0 Å². The van der Waals surface area contributed by atoms with Crippen LogP contribution in [0.4, 0.5) is 0 Å². The Bertz CT molecular complexity index is 770. The average Bonchev–Trinajstić information content (AvgIpc) is 3.00. The maximum atomic E-state index is 5.52. The van der Waals surface area contributed by atoms with Gasteiger partial charge in [-0.3, -0.25) is 0 Å².